The molecule has 1 aliphatic heterocycles. The first-order valence-corrected chi connectivity index (χ1v) is 9.60. The van der Waals surface area contributed by atoms with Crippen molar-refractivity contribution >= 4 is 10.2 Å². The number of ether oxygens (including phenoxy) is 2. The minimum atomic E-state index is -3.60. The molecule has 0 amide bonds. The second-order valence-electron chi connectivity index (χ2n) is 6.23. The molecule has 0 radical (unpaired) electrons. The Kier molecular flexibility index (Phi) is 5.53. The summed E-state index contributed by atoms with van der Waals surface area (Å²) in [6.45, 7) is 1.03. The van der Waals surface area contributed by atoms with Gasteiger partial charge >= 0.3 is 10.2 Å². The minimum absolute atomic E-state index is 0.0425. The first-order valence-electron chi connectivity index (χ1n) is 8.21. The average molecular weight is 365 g/mol. The monoisotopic (exact) mass is 365 g/mol. The quantitative estimate of drug-likeness (QED) is 0.750. The highest BCUT2D eigenvalue weighted by molar-refractivity contribution is 7.87. The van der Waals surface area contributed by atoms with Crippen molar-refractivity contribution in [3.8, 4) is 0 Å². The van der Waals surface area contributed by atoms with E-state index in [0.717, 1.165) is 22.7 Å². The maximum Gasteiger partial charge on any atom is 0.308 e. The summed E-state index contributed by atoms with van der Waals surface area (Å²) >= 11 is 0. The summed E-state index contributed by atoms with van der Waals surface area (Å²) in [5.41, 5.74) is 1.67. The molecule has 25 heavy (non-hydrogen) atoms. The predicted octanol–water partition coefficient (Wildman–Crippen LogP) is 1.97. The van der Waals surface area contributed by atoms with E-state index in [4.69, 9.17) is 9.47 Å². The summed E-state index contributed by atoms with van der Waals surface area (Å²) < 4.78 is 38.8. The molecule has 0 unspecified atom stereocenters. The lowest BCUT2D eigenvalue weighted by Gasteiger charge is -2.18. The van der Waals surface area contributed by atoms with E-state index in [1.165, 1.54) is 24.4 Å². The highest BCUT2D eigenvalue weighted by Crippen LogP contribution is 2.33. The molecule has 0 aliphatic carbocycles. The van der Waals surface area contributed by atoms with Crippen LogP contribution in [-0.2, 0) is 26.3 Å². The molecule has 2 heterocycles. The Morgan fingerprint density at radius 1 is 1.28 bits per heavy atom. The summed E-state index contributed by atoms with van der Waals surface area (Å²) in [5.74, 6) is 0. The van der Waals surface area contributed by atoms with Crippen LogP contribution in [0.4, 0.5) is 0 Å². The number of benzene rings is 1. The van der Waals surface area contributed by atoms with E-state index < -0.39 is 10.2 Å². The van der Waals surface area contributed by atoms with Crippen LogP contribution in [0, 0.1) is 0 Å². The molecule has 7 nitrogen and oxygen atoms in total. The van der Waals surface area contributed by atoms with E-state index >= 15 is 0 Å². The highest BCUT2D eigenvalue weighted by atomic mass is 32.2. The molecule has 1 fully saturated rings. The molecule has 0 saturated carbocycles. The molecule has 136 valence electrons. The largest absolute Gasteiger partial charge is 0.374 e. The van der Waals surface area contributed by atoms with Gasteiger partial charge in [0.15, 0.2) is 0 Å². The van der Waals surface area contributed by atoms with Gasteiger partial charge in [0.05, 0.1) is 31.2 Å². The van der Waals surface area contributed by atoms with Crippen LogP contribution < -0.4 is 0 Å². The number of rotatable bonds is 7. The van der Waals surface area contributed by atoms with Crippen molar-refractivity contribution in [1.29, 1.82) is 0 Å². The second kappa shape index (κ2) is 7.65. The molecule has 1 aromatic heterocycles. The lowest BCUT2D eigenvalue weighted by atomic mass is 10.1. The van der Waals surface area contributed by atoms with Crippen molar-refractivity contribution in [2.75, 3.05) is 20.7 Å². The molecule has 2 aromatic rings. The summed E-state index contributed by atoms with van der Waals surface area (Å²) in [6, 6.07) is 9.96. The predicted molar refractivity (Wildman–Crippen MR) is 93.2 cm³/mol. The normalized spacial score (nSPS) is 21.1. The Bertz CT molecular complexity index is 789. The zero-order valence-electron chi connectivity index (χ0n) is 14.4. The lowest BCUT2D eigenvalue weighted by molar-refractivity contribution is -0.0219. The van der Waals surface area contributed by atoms with Crippen LogP contribution in [0.15, 0.2) is 42.9 Å². The fourth-order valence-corrected chi connectivity index (χ4v) is 3.77. The molecule has 0 bridgehead atoms. The molecule has 0 N–H and O–H groups in total. The van der Waals surface area contributed by atoms with Gasteiger partial charge in [-0.05, 0) is 18.4 Å². The maximum atomic E-state index is 12.3. The maximum absolute atomic E-state index is 12.3. The Morgan fingerprint density at radius 2 is 2.04 bits per heavy atom. The standard InChI is InChI=1S/C17H23N3O4S/c1-19(2)25(21,22)20-13-18-10-16(20)17-9-8-15(24-17)12-23-11-14-6-4-3-5-7-14/h3-7,10,13,15,17H,8-9,11-12H2,1-2H3/t15-,17-/m0/s1. The number of aromatic nitrogens is 2. The van der Waals surface area contributed by atoms with E-state index in [1.54, 1.807) is 6.20 Å². The van der Waals surface area contributed by atoms with Crippen LogP contribution in [-0.4, -0.2) is 48.5 Å². The number of hydrogen-bond donors (Lipinski definition) is 0. The van der Waals surface area contributed by atoms with Gasteiger partial charge in [-0.25, -0.2) is 8.96 Å². The van der Waals surface area contributed by atoms with Crippen molar-refractivity contribution in [3.63, 3.8) is 0 Å². The van der Waals surface area contributed by atoms with Gasteiger partial charge < -0.3 is 9.47 Å². The third-order valence-electron chi connectivity index (χ3n) is 4.20. The van der Waals surface area contributed by atoms with Crippen molar-refractivity contribution in [2.45, 2.75) is 31.7 Å². The number of nitrogens with zero attached hydrogens (tertiary/aromatic N) is 3. The van der Waals surface area contributed by atoms with Crippen molar-refractivity contribution in [1.82, 2.24) is 13.3 Å². The fraction of sp³-hybridized carbons (Fsp3) is 0.471. The Balaban J connectivity index is 1.58. The van der Waals surface area contributed by atoms with Crippen molar-refractivity contribution in [2.24, 2.45) is 0 Å². The fourth-order valence-electron chi connectivity index (χ4n) is 2.82. The van der Waals surface area contributed by atoms with Crippen LogP contribution in [0.1, 0.15) is 30.2 Å². The second-order valence-corrected chi connectivity index (χ2v) is 8.25. The van der Waals surface area contributed by atoms with E-state index in [1.807, 2.05) is 30.3 Å². The van der Waals surface area contributed by atoms with E-state index in [9.17, 15) is 8.42 Å². The van der Waals surface area contributed by atoms with E-state index in [2.05, 4.69) is 4.98 Å². The van der Waals surface area contributed by atoms with Gasteiger partial charge in [0.1, 0.15) is 12.4 Å². The van der Waals surface area contributed by atoms with Crippen LogP contribution in [0.5, 0.6) is 0 Å². The lowest BCUT2D eigenvalue weighted by Crippen LogP contribution is -2.30. The average Bonchev–Trinajstić information content (AvgIpc) is 3.24. The van der Waals surface area contributed by atoms with Gasteiger partial charge in [0.25, 0.3) is 0 Å². The van der Waals surface area contributed by atoms with E-state index in [-0.39, 0.29) is 12.2 Å². The Morgan fingerprint density at radius 3 is 2.76 bits per heavy atom. The van der Waals surface area contributed by atoms with Gasteiger partial charge in [-0.3, -0.25) is 0 Å². The molecular formula is C17H23N3O4S. The van der Waals surface area contributed by atoms with E-state index in [0.29, 0.717) is 18.9 Å². The first kappa shape index (κ1) is 18.1. The van der Waals surface area contributed by atoms with Gasteiger partial charge in [-0.2, -0.15) is 12.7 Å². The topological polar surface area (TPSA) is 73.7 Å². The smallest absolute Gasteiger partial charge is 0.308 e. The van der Waals surface area contributed by atoms with Crippen molar-refractivity contribution < 1.29 is 17.9 Å². The SMILES string of the molecule is CN(C)S(=O)(=O)n1cncc1[C@@H]1CC[C@@H](COCc2ccccc2)O1. The number of hydrogen-bond acceptors (Lipinski definition) is 5. The zero-order valence-corrected chi connectivity index (χ0v) is 15.2. The molecule has 2 atom stereocenters. The summed E-state index contributed by atoms with van der Waals surface area (Å²) in [7, 11) is -0.606. The summed E-state index contributed by atoms with van der Waals surface area (Å²) in [5, 5.41) is 0. The Labute approximate surface area is 148 Å². The molecule has 3 rings (SSSR count). The Hall–Kier alpha value is -1.74. The molecular weight excluding hydrogens is 342 g/mol. The van der Waals surface area contributed by atoms with Crippen LogP contribution >= 0.6 is 0 Å². The molecule has 0 spiro atoms. The van der Waals surface area contributed by atoms with Crippen LogP contribution in [0.3, 0.4) is 0 Å². The summed E-state index contributed by atoms with van der Waals surface area (Å²) in [4.78, 5) is 3.99. The third kappa shape index (κ3) is 4.09. The third-order valence-corrected chi connectivity index (χ3v) is 5.92. The summed E-state index contributed by atoms with van der Waals surface area (Å²) in [6.07, 6.45) is 4.11. The van der Waals surface area contributed by atoms with Gasteiger partial charge in [0, 0.05) is 14.1 Å². The van der Waals surface area contributed by atoms with Gasteiger partial charge in [-0.15, -0.1) is 0 Å². The molecule has 1 aromatic carbocycles. The number of imidazole rings is 1. The minimum Gasteiger partial charge on any atom is -0.374 e. The molecule has 1 saturated heterocycles. The van der Waals surface area contributed by atoms with Crippen molar-refractivity contribution in [3.05, 3.63) is 54.1 Å². The van der Waals surface area contributed by atoms with Crippen LogP contribution in [0.25, 0.3) is 0 Å². The zero-order chi connectivity index (χ0) is 17.9. The molecule has 1 aliphatic rings. The van der Waals surface area contributed by atoms with Gasteiger partial charge in [0.2, 0.25) is 0 Å². The van der Waals surface area contributed by atoms with Crippen LogP contribution in [0.2, 0.25) is 0 Å². The van der Waals surface area contributed by atoms with Gasteiger partial charge in [-0.1, -0.05) is 30.3 Å². The molecule has 8 heteroatoms. The highest BCUT2D eigenvalue weighted by Gasteiger charge is 2.32. The first-order chi connectivity index (χ1) is 12.0.